The first kappa shape index (κ1) is 14.5. The number of anilines is 3. The van der Waals surface area contributed by atoms with Crippen molar-refractivity contribution in [1.29, 1.82) is 0 Å². The van der Waals surface area contributed by atoms with Crippen LogP contribution >= 0.6 is 11.6 Å². The molecule has 0 saturated carbocycles. The molecule has 0 aliphatic rings. The smallest absolute Gasteiger partial charge is 0.189 e. The number of benzene rings is 2. The van der Waals surface area contributed by atoms with Crippen LogP contribution in [0.2, 0.25) is 5.02 Å². The van der Waals surface area contributed by atoms with E-state index in [4.69, 9.17) is 26.8 Å². The molecule has 0 atom stereocenters. The third-order valence-electron chi connectivity index (χ3n) is 2.66. The molecule has 0 bridgehead atoms. The molecule has 20 heavy (non-hydrogen) atoms. The van der Waals surface area contributed by atoms with E-state index in [9.17, 15) is 0 Å². The van der Waals surface area contributed by atoms with Gasteiger partial charge in [-0.15, -0.1) is 0 Å². The third kappa shape index (κ3) is 4.05. The second-order valence-corrected chi connectivity index (χ2v) is 4.57. The highest BCUT2D eigenvalue weighted by atomic mass is 35.5. The molecule has 0 heterocycles. The molecule has 2 aromatic carbocycles. The number of nitrogen functional groups attached to an aromatic ring is 1. The summed E-state index contributed by atoms with van der Waals surface area (Å²) in [7, 11) is 0. The van der Waals surface area contributed by atoms with Crippen molar-refractivity contribution in [2.45, 2.75) is 6.92 Å². The molecule has 5 heteroatoms. The highest BCUT2D eigenvalue weighted by molar-refractivity contribution is 6.31. The molecule has 0 aliphatic heterocycles. The van der Waals surface area contributed by atoms with Gasteiger partial charge in [-0.25, -0.2) is 0 Å². The minimum absolute atomic E-state index is 0.254. The average Bonchev–Trinajstić information content (AvgIpc) is 2.45. The van der Waals surface area contributed by atoms with Crippen LogP contribution < -0.4 is 15.8 Å². The van der Waals surface area contributed by atoms with E-state index in [1.807, 2.05) is 31.2 Å². The first-order valence-electron chi connectivity index (χ1n) is 6.31. The summed E-state index contributed by atoms with van der Waals surface area (Å²) in [4.78, 5) is 0. The van der Waals surface area contributed by atoms with Crippen LogP contribution in [-0.2, 0) is 4.74 Å². The molecule has 0 spiro atoms. The molecule has 106 valence electrons. The van der Waals surface area contributed by atoms with Gasteiger partial charge in [0.05, 0.1) is 11.4 Å². The minimum Gasteiger partial charge on any atom is -0.468 e. The summed E-state index contributed by atoms with van der Waals surface area (Å²) in [6.45, 7) is 2.81. The molecular formula is C15H17ClN2O2. The normalized spacial score (nSPS) is 10.3. The van der Waals surface area contributed by atoms with Crippen LogP contribution in [0, 0.1) is 0 Å². The molecule has 0 aliphatic carbocycles. The molecule has 0 aromatic heterocycles. The van der Waals surface area contributed by atoms with Gasteiger partial charge >= 0.3 is 0 Å². The van der Waals surface area contributed by atoms with E-state index in [1.165, 1.54) is 0 Å². The molecule has 3 N–H and O–H groups in total. The van der Waals surface area contributed by atoms with E-state index in [0.717, 1.165) is 17.1 Å². The molecule has 0 unspecified atom stereocenters. The Morgan fingerprint density at radius 1 is 1.15 bits per heavy atom. The van der Waals surface area contributed by atoms with Gasteiger partial charge in [0.15, 0.2) is 6.79 Å². The molecule has 2 aromatic rings. The Balaban J connectivity index is 2.01. The van der Waals surface area contributed by atoms with Gasteiger partial charge in [-0.1, -0.05) is 11.6 Å². The Labute approximate surface area is 123 Å². The Kier molecular flexibility index (Phi) is 5.09. The fourth-order valence-corrected chi connectivity index (χ4v) is 1.79. The quantitative estimate of drug-likeness (QED) is 0.479. The van der Waals surface area contributed by atoms with Crippen LogP contribution in [0.4, 0.5) is 17.1 Å². The number of rotatable bonds is 6. The largest absolute Gasteiger partial charge is 0.468 e. The van der Waals surface area contributed by atoms with Crippen molar-refractivity contribution < 1.29 is 9.47 Å². The van der Waals surface area contributed by atoms with Crippen LogP contribution in [0.1, 0.15) is 6.92 Å². The Morgan fingerprint density at radius 3 is 2.60 bits per heavy atom. The van der Waals surface area contributed by atoms with Crippen molar-refractivity contribution >= 4 is 28.7 Å². The number of halogens is 1. The summed E-state index contributed by atoms with van der Waals surface area (Å²) in [6.07, 6.45) is 0. The van der Waals surface area contributed by atoms with Gasteiger partial charge in [-0.3, -0.25) is 0 Å². The number of hydrogen-bond acceptors (Lipinski definition) is 4. The minimum atomic E-state index is 0.254. The summed E-state index contributed by atoms with van der Waals surface area (Å²) in [5.74, 6) is 0.753. The fourth-order valence-electron chi connectivity index (χ4n) is 1.62. The first-order valence-corrected chi connectivity index (χ1v) is 6.69. The zero-order chi connectivity index (χ0) is 14.4. The lowest BCUT2D eigenvalue weighted by Gasteiger charge is -2.11. The van der Waals surface area contributed by atoms with Gasteiger partial charge in [0.25, 0.3) is 0 Å². The fraction of sp³-hybridized carbons (Fsp3) is 0.200. The number of nitrogens with two attached hydrogens (primary N) is 1. The van der Waals surface area contributed by atoms with Crippen molar-refractivity contribution in [3.63, 3.8) is 0 Å². The molecule has 0 amide bonds. The molecule has 0 radical (unpaired) electrons. The van der Waals surface area contributed by atoms with E-state index >= 15 is 0 Å². The highest BCUT2D eigenvalue weighted by Crippen LogP contribution is 2.27. The maximum absolute atomic E-state index is 5.95. The van der Waals surface area contributed by atoms with Crippen LogP contribution in [0.5, 0.6) is 5.75 Å². The monoisotopic (exact) mass is 292 g/mol. The topological polar surface area (TPSA) is 56.5 Å². The van der Waals surface area contributed by atoms with Gasteiger partial charge < -0.3 is 20.5 Å². The van der Waals surface area contributed by atoms with Crippen molar-refractivity contribution in [2.24, 2.45) is 0 Å². The number of nitrogens with one attached hydrogen (secondary N) is 1. The molecule has 2 rings (SSSR count). The van der Waals surface area contributed by atoms with Gasteiger partial charge in [-0.05, 0) is 49.4 Å². The Hall–Kier alpha value is -1.91. The van der Waals surface area contributed by atoms with Gasteiger partial charge in [0, 0.05) is 17.3 Å². The van der Waals surface area contributed by atoms with E-state index in [1.54, 1.807) is 18.2 Å². The summed E-state index contributed by atoms with van der Waals surface area (Å²) in [5.41, 5.74) is 8.21. The average molecular weight is 293 g/mol. The van der Waals surface area contributed by atoms with E-state index in [-0.39, 0.29) is 6.79 Å². The van der Waals surface area contributed by atoms with E-state index < -0.39 is 0 Å². The van der Waals surface area contributed by atoms with Gasteiger partial charge in [0.2, 0.25) is 0 Å². The van der Waals surface area contributed by atoms with Crippen LogP contribution in [0.15, 0.2) is 42.5 Å². The first-order chi connectivity index (χ1) is 9.69. The van der Waals surface area contributed by atoms with Crippen molar-refractivity contribution in [3.8, 4) is 5.75 Å². The lowest BCUT2D eigenvalue weighted by molar-refractivity contribution is 0.0224. The predicted molar refractivity (Wildman–Crippen MR) is 82.7 cm³/mol. The Morgan fingerprint density at radius 2 is 1.90 bits per heavy atom. The SMILES string of the molecule is CCOCOc1ccc(Nc2cc(Cl)ccc2N)cc1. The zero-order valence-electron chi connectivity index (χ0n) is 11.2. The van der Waals surface area contributed by atoms with Gasteiger partial charge in [-0.2, -0.15) is 0 Å². The zero-order valence-corrected chi connectivity index (χ0v) is 12.0. The van der Waals surface area contributed by atoms with Crippen molar-refractivity contribution in [3.05, 3.63) is 47.5 Å². The van der Waals surface area contributed by atoms with Crippen LogP contribution in [0.25, 0.3) is 0 Å². The maximum Gasteiger partial charge on any atom is 0.189 e. The molecule has 4 nitrogen and oxygen atoms in total. The van der Waals surface area contributed by atoms with E-state index in [2.05, 4.69) is 5.32 Å². The summed E-state index contributed by atoms with van der Waals surface area (Å²) >= 11 is 5.95. The Bertz CT molecular complexity index is 558. The van der Waals surface area contributed by atoms with E-state index in [0.29, 0.717) is 17.3 Å². The molecule has 0 fully saturated rings. The second-order valence-electron chi connectivity index (χ2n) is 4.14. The summed E-state index contributed by atoms with van der Waals surface area (Å²) < 4.78 is 10.5. The van der Waals surface area contributed by atoms with Crippen LogP contribution in [0.3, 0.4) is 0 Å². The molecule has 0 saturated heterocycles. The highest BCUT2D eigenvalue weighted by Gasteiger charge is 2.01. The third-order valence-corrected chi connectivity index (χ3v) is 2.90. The van der Waals surface area contributed by atoms with Crippen LogP contribution in [-0.4, -0.2) is 13.4 Å². The van der Waals surface area contributed by atoms with Gasteiger partial charge in [0.1, 0.15) is 5.75 Å². The predicted octanol–water partition coefficient (Wildman–Crippen LogP) is 4.04. The van der Waals surface area contributed by atoms with Crippen molar-refractivity contribution in [2.75, 3.05) is 24.5 Å². The number of ether oxygens (including phenoxy) is 2. The lowest BCUT2D eigenvalue weighted by Crippen LogP contribution is -2.02. The number of hydrogen-bond donors (Lipinski definition) is 2. The lowest BCUT2D eigenvalue weighted by atomic mass is 10.2. The summed E-state index contributed by atoms with van der Waals surface area (Å²) in [6, 6.07) is 12.8. The van der Waals surface area contributed by atoms with Crippen molar-refractivity contribution in [1.82, 2.24) is 0 Å². The molecular weight excluding hydrogens is 276 g/mol. The maximum atomic E-state index is 5.95. The second kappa shape index (κ2) is 7.03. The standard InChI is InChI=1S/C15H17ClN2O2/c1-2-19-10-20-13-6-4-12(5-7-13)18-15-9-11(16)3-8-14(15)17/h3-9,18H,2,10,17H2,1H3. The summed E-state index contributed by atoms with van der Waals surface area (Å²) in [5, 5.41) is 3.85.